The second kappa shape index (κ2) is 6.14. The first-order valence-corrected chi connectivity index (χ1v) is 5.88. The first-order valence-electron chi connectivity index (χ1n) is 5.88. The van der Waals surface area contributed by atoms with Crippen LogP contribution in [0, 0.1) is 0 Å². The molecule has 0 radical (unpaired) electrons. The number of methoxy groups -OCH3 is 1. The molecule has 1 rings (SSSR count). The first kappa shape index (κ1) is 15.6. The maximum absolute atomic E-state index is 12.2. The summed E-state index contributed by atoms with van der Waals surface area (Å²) in [5.41, 5.74) is 0.791. The van der Waals surface area contributed by atoms with Crippen molar-refractivity contribution in [2.24, 2.45) is 0 Å². The Kier molecular flexibility index (Phi) is 5.05. The van der Waals surface area contributed by atoms with E-state index in [9.17, 15) is 18.3 Å². The van der Waals surface area contributed by atoms with Crippen molar-refractivity contribution >= 4 is 0 Å². The topological polar surface area (TPSA) is 32.7 Å². The molecule has 3 nitrogen and oxygen atoms in total. The highest BCUT2D eigenvalue weighted by atomic mass is 19.4. The van der Waals surface area contributed by atoms with Gasteiger partial charge >= 0.3 is 6.18 Å². The van der Waals surface area contributed by atoms with Gasteiger partial charge in [0.15, 0.2) is 11.5 Å². The zero-order valence-electron chi connectivity index (χ0n) is 11.2. The predicted molar refractivity (Wildman–Crippen MR) is 66.4 cm³/mol. The summed E-state index contributed by atoms with van der Waals surface area (Å²) in [6.07, 6.45) is -5.00. The Morgan fingerprint density at radius 2 is 2.00 bits per heavy atom. The normalized spacial score (nSPS) is 13.6. The van der Waals surface area contributed by atoms with Gasteiger partial charge in [0.2, 0.25) is 0 Å². The molecule has 108 valence electrons. The highest BCUT2D eigenvalue weighted by Crippen LogP contribution is 2.31. The minimum atomic E-state index is -4.15. The molecule has 0 saturated heterocycles. The molecular weight excluding hydrogens is 259 g/mol. The number of alkyl halides is 3. The standard InChI is InChI=1S/C13H18F3NO2/c1-9(17(2)7-6-13(14,15)16)10-4-5-11(18)12(8-10)19-3/h4-5,8-9,18H,6-7H2,1-3H3. The molecule has 0 amide bonds. The summed E-state index contributed by atoms with van der Waals surface area (Å²) in [6.45, 7) is 1.73. The quantitative estimate of drug-likeness (QED) is 0.896. The van der Waals surface area contributed by atoms with E-state index in [1.165, 1.54) is 13.2 Å². The van der Waals surface area contributed by atoms with E-state index in [4.69, 9.17) is 4.74 Å². The average molecular weight is 277 g/mol. The van der Waals surface area contributed by atoms with E-state index in [-0.39, 0.29) is 18.3 Å². The van der Waals surface area contributed by atoms with Crippen LogP contribution < -0.4 is 4.74 Å². The minimum absolute atomic E-state index is 0.0106. The third kappa shape index (κ3) is 4.63. The van der Waals surface area contributed by atoms with E-state index in [2.05, 4.69) is 0 Å². The predicted octanol–water partition coefficient (Wildman–Crippen LogP) is 3.35. The van der Waals surface area contributed by atoms with Crippen LogP contribution >= 0.6 is 0 Å². The molecule has 0 heterocycles. The molecular formula is C13H18F3NO2. The molecule has 19 heavy (non-hydrogen) atoms. The molecule has 0 aliphatic heterocycles. The van der Waals surface area contributed by atoms with E-state index in [0.29, 0.717) is 5.75 Å². The minimum Gasteiger partial charge on any atom is -0.504 e. The van der Waals surface area contributed by atoms with Gasteiger partial charge in [0.1, 0.15) is 0 Å². The number of benzene rings is 1. The Balaban J connectivity index is 2.73. The van der Waals surface area contributed by atoms with Crippen molar-refractivity contribution in [1.82, 2.24) is 4.90 Å². The van der Waals surface area contributed by atoms with Crippen LogP contribution in [-0.4, -0.2) is 36.9 Å². The molecule has 0 bridgehead atoms. The van der Waals surface area contributed by atoms with Gasteiger partial charge in [-0.15, -0.1) is 0 Å². The van der Waals surface area contributed by atoms with Crippen LogP contribution in [0.1, 0.15) is 24.9 Å². The highest BCUT2D eigenvalue weighted by molar-refractivity contribution is 5.42. The van der Waals surface area contributed by atoms with Crippen LogP contribution in [0.25, 0.3) is 0 Å². The number of hydrogen-bond acceptors (Lipinski definition) is 3. The van der Waals surface area contributed by atoms with E-state index >= 15 is 0 Å². The van der Waals surface area contributed by atoms with Crippen LogP contribution in [0.3, 0.4) is 0 Å². The third-order valence-corrected chi connectivity index (χ3v) is 3.10. The van der Waals surface area contributed by atoms with Gasteiger partial charge in [-0.25, -0.2) is 0 Å². The van der Waals surface area contributed by atoms with Crippen LogP contribution in [0.2, 0.25) is 0 Å². The van der Waals surface area contributed by atoms with Gasteiger partial charge in [0.05, 0.1) is 13.5 Å². The zero-order chi connectivity index (χ0) is 14.6. The average Bonchev–Trinajstić information content (AvgIpc) is 2.34. The van der Waals surface area contributed by atoms with Crippen molar-refractivity contribution in [3.05, 3.63) is 23.8 Å². The number of halogens is 3. The number of nitrogens with zero attached hydrogens (tertiary/aromatic N) is 1. The summed E-state index contributed by atoms with van der Waals surface area (Å²) >= 11 is 0. The van der Waals surface area contributed by atoms with Crippen molar-refractivity contribution in [2.45, 2.75) is 25.6 Å². The third-order valence-electron chi connectivity index (χ3n) is 3.10. The second-order valence-corrected chi connectivity index (χ2v) is 4.45. The Morgan fingerprint density at radius 1 is 1.37 bits per heavy atom. The number of rotatable bonds is 5. The summed E-state index contributed by atoms with van der Waals surface area (Å²) in [6, 6.07) is 4.58. The van der Waals surface area contributed by atoms with Crippen molar-refractivity contribution in [3.8, 4) is 11.5 Å². The monoisotopic (exact) mass is 277 g/mol. The Labute approximate surface area is 110 Å². The lowest BCUT2D eigenvalue weighted by atomic mass is 10.1. The first-order chi connectivity index (χ1) is 8.74. The Bertz CT molecular complexity index is 421. The van der Waals surface area contributed by atoms with Gasteiger partial charge in [-0.2, -0.15) is 13.2 Å². The molecule has 0 spiro atoms. The van der Waals surface area contributed by atoms with Crippen molar-refractivity contribution in [3.63, 3.8) is 0 Å². The van der Waals surface area contributed by atoms with E-state index in [0.717, 1.165) is 5.56 Å². The fourth-order valence-electron chi connectivity index (χ4n) is 1.71. The van der Waals surface area contributed by atoms with Crippen molar-refractivity contribution in [1.29, 1.82) is 0 Å². The molecule has 1 aromatic carbocycles. The maximum atomic E-state index is 12.2. The molecule has 1 aromatic rings. The lowest BCUT2D eigenvalue weighted by molar-refractivity contribution is -0.138. The zero-order valence-corrected chi connectivity index (χ0v) is 11.2. The largest absolute Gasteiger partial charge is 0.504 e. The molecule has 0 aliphatic rings. The lowest BCUT2D eigenvalue weighted by Crippen LogP contribution is -2.27. The SMILES string of the molecule is COc1cc(C(C)N(C)CCC(F)(F)F)ccc1O. The van der Waals surface area contributed by atoms with Gasteiger partial charge in [-0.1, -0.05) is 6.07 Å². The summed E-state index contributed by atoms with van der Waals surface area (Å²) in [7, 11) is 3.06. The van der Waals surface area contributed by atoms with Crippen LogP contribution in [0.15, 0.2) is 18.2 Å². The molecule has 1 atom stereocenters. The number of hydrogen-bond donors (Lipinski definition) is 1. The lowest BCUT2D eigenvalue weighted by Gasteiger charge is -2.25. The fourth-order valence-corrected chi connectivity index (χ4v) is 1.71. The molecule has 0 saturated carbocycles. The second-order valence-electron chi connectivity index (χ2n) is 4.45. The highest BCUT2D eigenvalue weighted by Gasteiger charge is 2.28. The fraction of sp³-hybridized carbons (Fsp3) is 0.538. The summed E-state index contributed by atoms with van der Waals surface area (Å²) < 4.78 is 41.5. The smallest absolute Gasteiger partial charge is 0.390 e. The van der Waals surface area contributed by atoms with Crippen molar-refractivity contribution in [2.75, 3.05) is 20.7 Å². The van der Waals surface area contributed by atoms with E-state index < -0.39 is 12.6 Å². The maximum Gasteiger partial charge on any atom is 0.390 e. The molecule has 1 unspecified atom stereocenters. The number of aromatic hydroxyl groups is 1. The van der Waals surface area contributed by atoms with E-state index in [1.807, 2.05) is 6.92 Å². The van der Waals surface area contributed by atoms with Gasteiger partial charge in [-0.3, -0.25) is 4.90 Å². The van der Waals surface area contributed by atoms with Crippen LogP contribution in [0.5, 0.6) is 11.5 Å². The summed E-state index contributed by atoms with van der Waals surface area (Å²) in [5.74, 6) is 0.324. The van der Waals surface area contributed by atoms with Gasteiger partial charge in [0, 0.05) is 12.6 Å². The molecule has 6 heteroatoms. The number of phenols is 1. The Hall–Kier alpha value is -1.43. The number of phenolic OH excluding ortho intramolecular Hbond substituents is 1. The molecule has 0 aliphatic carbocycles. The molecule has 1 N–H and O–H groups in total. The summed E-state index contributed by atoms with van der Waals surface area (Å²) in [4.78, 5) is 1.61. The van der Waals surface area contributed by atoms with Gasteiger partial charge < -0.3 is 9.84 Å². The van der Waals surface area contributed by atoms with Gasteiger partial charge in [-0.05, 0) is 31.7 Å². The van der Waals surface area contributed by atoms with Crippen LogP contribution in [0.4, 0.5) is 13.2 Å². The Morgan fingerprint density at radius 3 is 2.53 bits per heavy atom. The van der Waals surface area contributed by atoms with E-state index in [1.54, 1.807) is 24.1 Å². The summed E-state index contributed by atoms with van der Waals surface area (Å²) in [5, 5.41) is 9.48. The molecule has 0 fully saturated rings. The van der Waals surface area contributed by atoms with Crippen LogP contribution in [-0.2, 0) is 0 Å². The van der Waals surface area contributed by atoms with Crippen molar-refractivity contribution < 1.29 is 23.0 Å². The van der Waals surface area contributed by atoms with Gasteiger partial charge in [0.25, 0.3) is 0 Å². The molecule has 0 aromatic heterocycles. The number of ether oxygens (including phenoxy) is 1.